The number of nitrogens with two attached hydrogens (primary N) is 1. The molecule has 0 aliphatic carbocycles. The summed E-state index contributed by atoms with van der Waals surface area (Å²) >= 11 is 0. The van der Waals surface area contributed by atoms with E-state index < -0.39 is 11.8 Å². The maximum Gasteiger partial charge on any atom is 0.278 e. The number of rotatable bonds is 4. The Morgan fingerprint density at radius 2 is 1.79 bits per heavy atom. The molecule has 0 fully saturated rings. The van der Waals surface area contributed by atoms with Crippen LogP contribution < -0.4 is 5.73 Å². The van der Waals surface area contributed by atoms with Gasteiger partial charge in [-0.2, -0.15) is 0 Å². The molecule has 120 valence electrons. The predicted octanol–water partition coefficient (Wildman–Crippen LogP) is 1.94. The van der Waals surface area contributed by atoms with Crippen molar-refractivity contribution in [1.29, 1.82) is 0 Å². The summed E-state index contributed by atoms with van der Waals surface area (Å²) in [5, 5.41) is 0. The van der Waals surface area contributed by atoms with Crippen LogP contribution in [-0.4, -0.2) is 29.1 Å². The van der Waals surface area contributed by atoms with Crippen LogP contribution in [0.15, 0.2) is 65.3 Å². The lowest BCUT2D eigenvalue weighted by Crippen LogP contribution is -2.39. The van der Waals surface area contributed by atoms with Gasteiger partial charge >= 0.3 is 0 Å². The second-order valence-corrected chi connectivity index (χ2v) is 5.24. The Balaban J connectivity index is 2.01. The summed E-state index contributed by atoms with van der Waals surface area (Å²) in [6.07, 6.45) is 1.55. The largest absolute Gasteiger partial charge is 0.368 e. The van der Waals surface area contributed by atoms with E-state index in [1.807, 2.05) is 18.2 Å². The van der Waals surface area contributed by atoms with Crippen LogP contribution in [0, 0.1) is 5.82 Å². The number of primary amides is 1. The number of nitrogens with zero attached hydrogens (tertiary/aromatic N) is 2. The second-order valence-electron chi connectivity index (χ2n) is 5.24. The molecule has 1 heterocycles. The molecule has 2 aromatic carbocycles. The highest BCUT2D eigenvalue weighted by Crippen LogP contribution is 2.22. The molecule has 6 heteroatoms. The van der Waals surface area contributed by atoms with Gasteiger partial charge in [0.05, 0.1) is 0 Å². The number of hydrogen-bond acceptors (Lipinski definition) is 3. The van der Waals surface area contributed by atoms with Crippen LogP contribution in [0.5, 0.6) is 0 Å². The Morgan fingerprint density at radius 1 is 1.12 bits per heavy atom. The first-order valence-corrected chi connectivity index (χ1v) is 7.26. The third-order valence-electron chi connectivity index (χ3n) is 3.47. The molecule has 0 aromatic heterocycles. The fourth-order valence-electron chi connectivity index (χ4n) is 2.38. The van der Waals surface area contributed by atoms with E-state index in [0.29, 0.717) is 17.0 Å². The summed E-state index contributed by atoms with van der Waals surface area (Å²) in [4.78, 5) is 29.4. The number of benzene rings is 2. The highest BCUT2D eigenvalue weighted by atomic mass is 19.1. The van der Waals surface area contributed by atoms with Crippen molar-refractivity contribution in [3.05, 3.63) is 77.2 Å². The Bertz CT molecular complexity index is 842. The van der Waals surface area contributed by atoms with E-state index in [-0.39, 0.29) is 18.1 Å². The lowest BCUT2D eigenvalue weighted by Gasteiger charge is -2.16. The minimum absolute atomic E-state index is 0.168. The molecule has 1 aliphatic rings. The van der Waals surface area contributed by atoms with E-state index in [1.54, 1.807) is 30.3 Å². The van der Waals surface area contributed by atoms with Crippen LogP contribution in [0.1, 0.15) is 11.1 Å². The molecular weight excluding hydrogens is 309 g/mol. The van der Waals surface area contributed by atoms with E-state index >= 15 is 0 Å². The third-order valence-corrected chi connectivity index (χ3v) is 3.47. The minimum atomic E-state index is -0.630. The molecule has 0 atom stereocenters. The number of carbonyl (C=O) groups is 2. The number of amidine groups is 1. The van der Waals surface area contributed by atoms with Crippen LogP contribution >= 0.6 is 0 Å². The van der Waals surface area contributed by atoms with Crippen LogP contribution in [-0.2, 0) is 9.59 Å². The minimum Gasteiger partial charge on any atom is -0.368 e. The van der Waals surface area contributed by atoms with Crippen molar-refractivity contribution in [3.63, 3.8) is 0 Å². The molecule has 0 bridgehead atoms. The molecule has 24 heavy (non-hydrogen) atoms. The predicted molar refractivity (Wildman–Crippen MR) is 88.3 cm³/mol. The van der Waals surface area contributed by atoms with Gasteiger partial charge in [-0.1, -0.05) is 42.5 Å². The van der Waals surface area contributed by atoms with Crippen LogP contribution in [0.3, 0.4) is 0 Å². The summed E-state index contributed by atoms with van der Waals surface area (Å²) in [7, 11) is 0. The van der Waals surface area contributed by atoms with Gasteiger partial charge in [0.25, 0.3) is 5.91 Å². The SMILES string of the molecule is NC(=O)CN1C(=O)C(=Cc2ccc(F)cc2)N=C1c1ccccc1. The topological polar surface area (TPSA) is 75.8 Å². The number of aliphatic imine (C=N–C) groups is 1. The number of amides is 2. The van der Waals surface area contributed by atoms with Gasteiger partial charge in [0.15, 0.2) is 0 Å². The fraction of sp³-hybridized carbons (Fsp3) is 0.0556. The Kier molecular flexibility index (Phi) is 4.20. The van der Waals surface area contributed by atoms with E-state index in [4.69, 9.17) is 5.73 Å². The zero-order valence-corrected chi connectivity index (χ0v) is 12.6. The summed E-state index contributed by atoms with van der Waals surface area (Å²) < 4.78 is 13.0. The number of halogens is 1. The first-order valence-electron chi connectivity index (χ1n) is 7.26. The van der Waals surface area contributed by atoms with Crippen LogP contribution in [0.4, 0.5) is 4.39 Å². The van der Waals surface area contributed by atoms with Crippen molar-refractivity contribution in [1.82, 2.24) is 4.90 Å². The molecule has 1 aliphatic heterocycles. The van der Waals surface area contributed by atoms with Gasteiger partial charge in [0.2, 0.25) is 5.91 Å². The van der Waals surface area contributed by atoms with Gasteiger partial charge in [0, 0.05) is 5.56 Å². The Labute approximate surface area is 137 Å². The Morgan fingerprint density at radius 3 is 2.42 bits per heavy atom. The highest BCUT2D eigenvalue weighted by molar-refractivity contribution is 6.20. The molecule has 2 aromatic rings. The monoisotopic (exact) mass is 323 g/mol. The van der Waals surface area contributed by atoms with Gasteiger partial charge in [-0.05, 0) is 23.8 Å². The van der Waals surface area contributed by atoms with E-state index in [1.165, 1.54) is 17.0 Å². The molecule has 0 saturated heterocycles. The fourth-order valence-corrected chi connectivity index (χ4v) is 2.38. The summed E-state index contributed by atoms with van der Waals surface area (Å²) in [6.45, 7) is -0.257. The van der Waals surface area contributed by atoms with Crippen molar-refractivity contribution in [2.75, 3.05) is 6.54 Å². The van der Waals surface area contributed by atoms with Crippen molar-refractivity contribution >= 4 is 23.7 Å². The summed E-state index contributed by atoms with van der Waals surface area (Å²) in [6, 6.07) is 14.7. The van der Waals surface area contributed by atoms with Gasteiger partial charge in [0.1, 0.15) is 23.9 Å². The molecular formula is C18H14FN3O2. The van der Waals surface area contributed by atoms with Gasteiger partial charge < -0.3 is 5.73 Å². The van der Waals surface area contributed by atoms with Crippen LogP contribution in [0.2, 0.25) is 0 Å². The molecule has 0 spiro atoms. The molecule has 2 amide bonds. The zero-order chi connectivity index (χ0) is 17.1. The molecule has 0 saturated carbocycles. The van der Waals surface area contributed by atoms with Gasteiger partial charge in [-0.25, -0.2) is 9.38 Å². The number of carbonyl (C=O) groups excluding carboxylic acids is 2. The average molecular weight is 323 g/mol. The molecule has 5 nitrogen and oxygen atoms in total. The Hall–Kier alpha value is -3.28. The van der Waals surface area contributed by atoms with Crippen molar-refractivity contribution in [3.8, 4) is 0 Å². The second kappa shape index (κ2) is 6.45. The molecule has 0 radical (unpaired) electrons. The van der Waals surface area contributed by atoms with Crippen molar-refractivity contribution < 1.29 is 14.0 Å². The smallest absolute Gasteiger partial charge is 0.278 e. The first-order chi connectivity index (χ1) is 11.5. The molecule has 3 rings (SSSR count). The highest BCUT2D eigenvalue weighted by Gasteiger charge is 2.31. The lowest BCUT2D eigenvalue weighted by molar-refractivity contribution is -0.127. The first kappa shape index (κ1) is 15.6. The quantitative estimate of drug-likeness (QED) is 0.873. The molecule has 0 unspecified atom stereocenters. The normalized spacial score (nSPS) is 15.7. The maximum absolute atomic E-state index is 13.0. The van der Waals surface area contributed by atoms with E-state index in [2.05, 4.69) is 4.99 Å². The van der Waals surface area contributed by atoms with Crippen LogP contribution in [0.25, 0.3) is 6.08 Å². The van der Waals surface area contributed by atoms with Crippen molar-refractivity contribution in [2.45, 2.75) is 0 Å². The summed E-state index contributed by atoms with van der Waals surface area (Å²) in [5.41, 5.74) is 6.75. The summed E-state index contributed by atoms with van der Waals surface area (Å²) in [5.74, 6) is -1.04. The maximum atomic E-state index is 13.0. The van der Waals surface area contributed by atoms with Gasteiger partial charge in [-0.15, -0.1) is 0 Å². The van der Waals surface area contributed by atoms with E-state index in [9.17, 15) is 14.0 Å². The lowest BCUT2D eigenvalue weighted by atomic mass is 10.2. The average Bonchev–Trinajstić information content (AvgIpc) is 2.87. The van der Waals surface area contributed by atoms with Crippen molar-refractivity contribution in [2.24, 2.45) is 10.7 Å². The zero-order valence-electron chi connectivity index (χ0n) is 12.6. The third kappa shape index (κ3) is 3.22. The van der Waals surface area contributed by atoms with E-state index in [0.717, 1.165) is 0 Å². The van der Waals surface area contributed by atoms with Gasteiger partial charge in [-0.3, -0.25) is 14.5 Å². The standard InChI is InChI=1S/C18H14FN3O2/c19-14-8-6-12(7-9-14)10-15-18(24)22(11-16(20)23)17(21-15)13-4-2-1-3-5-13/h1-10H,11H2,(H2,20,23). The molecule has 2 N–H and O–H groups in total. The number of hydrogen-bond donors (Lipinski definition) is 1.